The molecule has 2 aromatic rings. The molecule has 1 heterocycles. The minimum atomic E-state index is -0.101. The number of nitrogens with zero attached hydrogens (tertiary/aromatic N) is 3. The molecule has 0 aromatic heterocycles. The number of hydrogen-bond acceptors (Lipinski definition) is 5. The Labute approximate surface area is 187 Å². The number of amides is 1. The van der Waals surface area contributed by atoms with Crippen molar-refractivity contribution in [1.29, 1.82) is 5.26 Å². The first kappa shape index (κ1) is 21.4. The van der Waals surface area contributed by atoms with E-state index in [0.717, 1.165) is 22.1 Å². The van der Waals surface area contributed by atoms with Crippen LogP contribution in [0.5, 0.6) is 5.75 Å². The summed E-state index contributed by atoms with van der Waals surface area (Å²) in [5.41, 5.74) is 1.45. The smallest absolute Gasteiger partial charge is 0.266 e. The van der Waals surface area contributed by atoms with Crippen molar-refractivity contribution in [1.82, 2.24) is 4.90 Å². The van der Waals surface area contributed by atoms with Crippen molar-refractivity contribution in [3.05, 3.63) is 62.4 Å². The van der Waals surface area contributed by atoms with Gasteiger partial charge in [0.15, 0.2) is 11.8 Å². The van der Waals surface area contributed by atoms with Crippen molar-refractivity contribution >= 4 is 62.1 Å². The zero-order valence-corrected chi connectivity index (χ0v) is 18.7. The van der Waals surface area contributed by atoms with Gasteiger partial charge in [-0.2, -0.15) is 5.26 Å². The van der Waals surface area contributed by atoms with E-state index in [1.807, 2.05) is 37.3 Å². The van der Waals surface area contributed by atoms with Crippen LogP contribution in [0.1, 0.15) is 18.9 Å². The average Bonchev–Trinajstić information content (AvgIpc) is 2.98. The molecule has 0 atom stereocenters. The minimum Gasteiger partial charge on any atom is -0.478 e. The van der Waals surface area contributed by atoms with E-state index < -0.39 is 0 Å². The molecule has 0 radical (unpaired) electrons. The lowest BCUT2D eigenvalue weighted by molar-refractivity contribution is -0.122. The number of ether oxygens (including phenoxy) is 1. The molecule has 0 unspecified atom stereocenters. The fraction of sp³-hybridized carbons (Fsp3) is 0.190. The largest absolute Gasteiger partial charge is 0.478 e. The normalized spacial score (nSPS) is 16.5. The van der Waals surface area contributed by atoms with Crippen LogP contribution < -0.4 is 4.74 Å². The predicted molar refractivity (Wildman–Crippen MR) is 121 cm³/mol. The Hall–Kier alpha value is -2.27. The van der Waals surface area contributed by atoms with Gasteiger partial charge in [-0.25, -0.2) is 4.99 Å². The van der Waals surface area contributed by atoms with Gasteiger partial charge in [-0.3, -0.25) is 9.69 Å². The molecule has 0 aliphatic carbocycles. The molecule has 3 rings (SSSR count). The molecule has 5 nitrogen and oxygen atoms in total. The lowest BCUT2D eigenvalue weighted by Crippen LogP contribution is -2.29. The van der Waals surface area contributed by atoms with Gasteiger partial charge < -0.3 is 4.74 Å². The maximum absolute atomic E-state index is 13.0. The molecule has 1 fully saturated rings. The second-order valence-electron chi connectivity index (χ2n) is 6.07. The van der Waals surface area contributed by atoms with Crippen LogP contribution in [0.25, 0.3) is 6.08 Å². The first-order valence-corrected chi connectivity index (χ1v) is 10.9. The van der Waals surface area contributed by atoms with Crippen molar-refractivity contribution in [3.8, 4) is 11.8 Å². The second kappa shape index (κ2) is 9.97. The van der Waals surface area contributed by atoms with Crippen LogP contribution in [0.2, 0.25) is 5.02 Å². The fourth-order valence-corrected chi connectivity index (χ4v) is 4.17. The first-order valence-electron chi connectivity index (χ1n) is 8.86. The van der Waals surface area contributed by atoms with Gasteiger partial charge >= 0.3 is 0 Å². The average molecular weight is 491 g/mol. The summed E-state index contributed by atoms with van der Waals surface area (Å²) < 4.78 is 6.34. The molecule has 8 heteroatoms. The molecule has 29 heavy (non-hydrogen) atoms. The van der Waals surface area contributed by atoms with E-state index in [1.165, 1.54) is 11.8 Å². The van der Waals surface area contributed by atoms with E-state index in [4.69, 9.17) is 21.6 Å². The molecule has 1 aliphatic heterocycles. The van der Waals surface area contributed by atoms with Crippen molar-refractivity contribution < 1.29 is 9.53 Å². The molecule has 1 saturated heterocycles. The third-order valence-electron chi connectivity index (χ3n) is 3.94. The summed E-state index contributed by atoms with van der Waals surface area (Å²) in [7, 11) is 0. The number of benzene rings is 2. The van der Waals surface area contributed by atoms with Gasteiger partial charge in [0.1, 0.15) is 11.8 Å². The summed E-state index contributed by atoms with van der Waals surface area (Å²) >= 11 is 10.7. The van der Waals surface area contributed by atoms with Crippen LogP contribution in [0.3, 0.4) is 0 Å². The van der Waals surface area contributed by atoms with Gasteiger partial charge in [0, 0.05) is 21.6 Å². The number of thioether (sulfide) groups is 1. The maximum atomic E-state index is 13.0. The third kappa shape index (κ3) is 5.41. The monoisotopic (exact) mass is 489 g/mol. The maximum Gasteiger partial charge on any atom is 0.266 e. The minimum absolute atomic E-state index is 0.0653. The lowest BCUT2D eigenvalue weighted by Gasteiger charge is -2.14. The summed E-state index contributed by atoms with van der Waals surface area (Å²) in [6, 6.07) is 14.6. The summed E-state index contributed by atoms with van der Waals surface area (Å²) in [4.78, 5) is 19.9. The molecular weight excluding hydrogens is 474 g/mol. The number of amidine groups is 1. The highest BCUT2D eigenvalue weighted by molar-refractivity contribution is 9.10. The van der Waals surface area contributed by atoms with Crippen LogP contribution in [-0.4, -0.2) is 29.1 Å². The predicted octanol–water partition coefficient (Wildman–Crippen LogP) is 6.02. The van der Waals surface area contributed by atoms with Crippen LogP contribution in [0.15, 0.2) is 56.8 Å². The van der Waals surface area contributed by atoms with E-state index in [2.05, 4.69) is 20.9 Å². The number of hydrogen-bond donors (Lipinski definition) is 0. The number of carbonyl (C=O) groups is 1. The van der Waals surface area contributed by atoms with Crippen LogP contribution >= 0.6 is 39.3 Å². The molecule has 0 N–H and O–H groups in total. The number of halogens is 2. The molecule has 0 bridgehead atoms. The molecule has 0 spiro atoms. The quantitative estimate of drug-likeness (QED) is 0.465. The molecule has 2 aromatic carbocycles. The lowest BCUT2D eigenvalue weighted by atomic mass is 10.2. The second-order valence-corrected chi connectivity index (χ2v) is 8.43. The van der Waals surface area contributed by atoms with Crippen LogP contribution in [0, 0.1) is 11.3 Å². The topological polar surface area (TPSA) is 65.7 Å². The van der Waals surface area contributed by atoms with Gasteiger partial charge in [0.05, 0.1) is 10.6 Å². The van der Waals surface area contributed by atoms with E-state index in [9.17, 15) is 4.79 Å². The van der Waals surface area contributed by atoms with Crippen LogP contribution in [0.4, 0.5) is 5.69 Å². The number of carbonyl (C=O) groups excluding carboxylic acids is 1. The van der Waals surface area contributed by atoms with E-state index in [0.29, 0.717) is 27.4 Å². The van der Waals surface area contributed by atoms with Gasteiger partial charge in [-0.05, 0) is 66.7 Å². The highest BCUT2D eigenvalue weighted by atomic mass is 79.9. The molecular formula is C21H17BrClN3O2S. The SMILES string of the molecule is CCCN1C(=O)/C(=C/c2cc(Br)ccc2OCC#N)SC1=Nc1ccc(Cl)cc1. The highest BCUT2D eigenvalue weighted by Gasteiger charge is 2.33. The standard InChI is InChI=1S/C21H17BrClN3O2S/c1-2-10-26-20(27)19(29-21(26)25-17-6-4-16(23)5-7-17)13-14-12-15(22)3-8-18(14)28-11-9-24/h3-8,12-13H,2,10-11H2,1H3/b19-13-,25-21?. The van der Waals surface area contributed by atoms with Crippen molar-refractivity contribution in [3.63, 3.8) is 0 Å². The Morgan fingerprint density at radius 1 is 1.31 bits per heavy atom. The summed E-state index contributed by atoms with van der Waals surface area (Å²) in [5.74, 6) is 0.441. The highest BCUT2D eigenvalue weighted by Crippen LogP contribution is 2.36. The Morgan fingerprint density at radius 2 is 2.07 bits per heavy atom. The van der Waals surface area contributed by atoms with Gasteiger partial charge in [-0.15, -0.1) is 0 Å². The molecule has 1 amide bonds. The van der Waals surface area contributed by atoms with Crippen LogP contribution in [-0.2, 0) is 4.79 Å². The Morgan fingerprint density at radius 3 is 2.76 bits per heavy atom. The van der Waals surface area contributed by atoms with E-state index in [1.54, 1.807) is 29.2 Å². The third-order valence-corrected chi connectivity index (χ3v) is 5.69. The van der Waals surface area contributed by atoms with Crippen molar-refractivity contribution in [2.24, 2.45) is 4.99 Å². The van der Waals surface area contributed by atoms with Crippen molar-refractivity contribution in [2.45, 2.75) is 13.3 Å². The van der Waals surface area contributed by atoms with Gasteiger partial charge in [-0.1, -0.05) is 34.5 Å². The molecule has 1 aliphatic rings. The number of aliphatic imine (C=N–C) groups is 1. The summed E-state index contributed by atoms with van der Waals surface area (Å²) in [5, 5.41) is 10.1. The Balaban J connectivity index is 1.96. The Bertz CT molecular complexity index is 1020. The molecule has 0 saturated carbocycles. The zero-order valence-electron chi connectivity index (χ0n) is 15.6. The van der Waals surface area contributed by atoms with Gasteiger partial charge in [0.25, 0.3) is 5.91 Å². The van der Waals surface area contributed by atoms with E-state index in [-0.39, 0.29) is 12.5 Å². The fourth-order valence-electron chi connectivity index (χ4n) is 2.65. The first-order chi connectivity index (χ1) is 14.0. The van der Waals surface area contributed by atoms with Crippen molar-refractivity contribution in [2.75, 3.05) is 13.2 Å². The zero-order chi connectivity index (χ0) is 20.8. The number of nitriles is 1. The summed E-state index contributed by atoms with van der Waals surface area (Å²) in [6.45, 7) is 2.53. The molecule has 148 valence electrons. The summed E-state index contributed by atoms with van der Waals surface area (Å²) in [6.07, 6.45) is 2.59. The van der Waals surface area contributed by atoms with E-state index >= 15 is 0 Å². The van der Waals surface area contributed by atoms with Gasteiger partial charge in [0.2, 0.25) is 0 Å². The number of rotatable bonds is 6. The Kier molecular flexibility index (Phi) is 7.37.